The molecule has 0 bridgehead atoms. The monoisotopic (exact) mass is 393 g/mol. The number of carbonyl (C=O) groups excluding carboxylic acids is 1. The van der Waals surface area contributed by atoms with Gasteiger partial charge in [0.15, 0.2) is 0 Å². The number of hydrogen-bond acceptors (Lipinski definition) is 5. The highest BCUT2D eigenvalue weighted by Crippen LogP contribution is 2.27. The minimum absolute atomic E-state index is 0.0830. The molecule has 0 atom stereocenters. The first kappa shape index (κ1) is 18.9. The number of carbonyl (C=O) groups is 1. The summed E-state index contributed by atoms with van der Waals surface area (Å²) in [7, 11) is -3.53. The summed E-state index contributed by atoms with van der Waals surface area (Å²) >= 11 is 0. The molecule has 148 valence electrons. The molecule has 2 saturated heterocycles. The predicted molar refractivity (Wildman–Crippen MR) is 101 cm³/mol. The Morgan fingerprint density at radius 2 is 1.70 bits per heavy atom. The highest BCUT2D eigenvalue weighted by molar-refractivity contribution is 7.89. The van der Waals surface area contributed by atoms with Gasteiger partial charge in [0.1, 0.15) is 0 Å². The molecule has 1 aromatic carbocycles. The zero-order chi connectivity index (χ0) is 19.1. The van der Waals surface area contributed by atoms with Crippen molar-refractivity contribution in [1.82, 2.24) is 9.21 Å². The van der Waals surface area contributed by atoms with E-state index in [9.17, 15) is 13.2 Å². The van der Waals surface area contributed by atoms with Crippen LogP contribution in [0.1, 0.15) is 30.4 Å². The van der Waals surface area contributed by atoms with E-state index in [0.29, 0.717) is 57.1 Å². The molecular weight excluding hydrogens is 366 g/mol. The molecule has 3 aliphatic rings. The number of sulfonamides is 1. The number of aryl methyl sites for hydroxylation is 2. The van der Waals surface area contributed by atoms with Crippen LogP contribution in [0, 0.1) is 0 Å². The number of nitrogens with zero attached hydrogens (tertiary/aromatic N) is 2. The third-order valence-electron chi connectivity index (χ3n) is 6.04. The molecular formula is C19H27N3O4S. The van der Waals surface area contributed by atoms with E-state index >= 15 is 0 Å². The number of hydrogen-bond donors (Lipinski definition) is 1. The first-order chi connectivity index (χ1) is 12.9. The highest BCUT2D eigenvalue weighted by Gasteiger charge is 2.40. The van der Waals surface area contributed by atoms with Gasteiger partial charge in [0.2, 0.25) is 15.9 Å². The SMILES string of the molecule is NC1(C(=O)N2CCN(S(=O)(=O)c3ccc4c(c3)CCC4)CC2)CCOCC1. The van der Waals surface area contributed by atoms with Crippen LogP contribution in [-0.2, 0) is 32.4 Å². The fourth-order valence-electron chi connectivity index (χ4n) is 4.25. The van der Waals surface area contributed by atoms with Crippen LogP contribution in [0.3, 0.4) is 0 Å². The molecule has 1 aromatic rings. The number of ether oxygens (including phenoxy) is 1. The predicted octanol–water partition coefficient (Wildman–Crippen LogP) is 0.516. The second kappa shape index (κ2) is 7.16. The van der Waals surface area contributed by atoms with Crippen LogP contribution in [0.15, 0.2) is 23.1 Å². The number of piperazine rings is 1. The maximum absolute atomic E-state index is 13.0. The Bertz CT molecular complexity index is 825. The van der Waals surface area contributed by atoms with Crippen molar-refractivity contribution in [3.8, 4) is 0 Å². The molecule has 1 aliphatic carbocycles. The summed E-state index contributed by atoms with van der Waals surface area (Å²) < 4.78 is 32.8. The van der Waals surface area contributed by atoms with Crippen molar-refractivity contribution in [3.05, 3.63) is 29.3 Å². The maximum Gasteiger partial charge on any atom is 0.243 e. The van der Waals surface area contributed by atoms with Gasteiger partial charge >= 0.3 is 0 Å². The topological polar surface area (TPSA) is 92.9 Å². The molecule has 2 heterocycles. The summed E-state index contributed by atoms with van der Waals surface area (Å²) in [4.78, 5) is 14.9. The van der Waals surface area contributed by atoms with Gasteiger partial charge in [-0.25, -0.2) is 8.42 Å². The van der Waals surface area contributed by atoms with Gasteiger partial charge in [-0.2, -0.15) is 4.31 Å². The molecule has 1 amide bonds. The molecule has 8 heteroatoms. The van der Waals surface area contributed by atoms with Crippen molar-refractivity contribution >= 4 is 15.9 Å². The molecule has 2 aliphatic heterocycles. The summed E-state index contributed by atoms with van der Waals surface area (Å²) in [6.45, 7) is 2.35. The summed E-state index contributed by atoms with van der Waals surface area (Å²) in [5, 5.41) is 0. The minimum Gasteiger partial charge on any atom is -0.381 e. The Balaban J connectivity index is 1.43. The Kier molecular flexibility index (Phi) is 5.00. The lowest BCUT2D eigenvalue weighted by Crippen LogP contribution is -2.61. The van der Waals surface area contributed by atoms with Gasteiger partial charge in [-0.1, -0.05) is 6.07 Å². The van der Waals surface area contributed by atoms with E-state index in [1.807, 2.05) is 12.1 Å². The first-order valence-electron chi connectivity index (χ1n) is 9.68. The smallest absolute Gasteiger partial charge is 0.243 e. The maximum atomic E-state index is 13.0. The van der Waals surface area contributed by atoms with E-state index in [2.05, 4.69) is 0 Å². The van der Waals surface area contributed by atoms with E-state index < -0.39 is 15.6 Å². The Hall–Kier alpha value is -1.48. The molecule has 0 saturated carbocycles. The Morgan fingerprint density at radius 3 is 2.41 bits per heavy atom. The quantitative estimate of drug-likeness (QED) is 0.808. The molecule has 0 unspecified atom stereocenters. The van der Waals surface area contributed by atoms with Gasteiger partial charge < -0.3 is 15.4 Å². The van der Waals surface area contributed by atoms with E-state index in [-0.39, 0.29) is 5.91 Å². The van der Waals surface area contributed by atoms with E-state index in [1.165, 1.54) is 9.87 Å². The molecule has 2 fully saturated rings. The number of fused-ring (bicyclic) bond motifs is 1. The van der Waals surface area contributed by atoms with Crippen LogP contribution in [-0.4, -0.2) is 68.5 Å². The lowest BCUT2D eigenvalue weighted by Gasteiger charge is -2.40. The van der Waals surface area contributed by atoms with Gasteiger partial charge in [-0.3, -0.25) is 4.79 Å². The summed E-state index contributed by atoms with van der Waals surface area (Å²) in [5.74, 6) is -0.0830. The second-order valence-electron chi connectivity index (χ2n) is 7.75. The van der Waals surface area contributed by atoms with E-state index in [4.69, 9.17) is 10.5 Å². The van der Waals surface area contributed by atoms with Crippen LogP contribution < -0.4 is 5.73 Å². The summed E-state index contributed by atoms with van der Waals surface area (Å²) in [5.41, 5.74) is 7.82. The number of benzene rings is 1. The van der Waals surface area contributed by atoms with Crippen LogP contribution in [0.5, 0.6) is 0 Å². The standard InChI is InChI=1S/C19H27N3O4S/c20-19(6-12-26-13-7-19)18(23)21-8-10-22(11-9-21)27(24,25)17-5-4-15-2-1-3-16(15)14-17/h4-5,14H,1-3,6-13,20H2. The van der Waals surface area contributed by atoms with Crippen molar-refractivity contribution in [2.45, 2.75) is 42.5 Å². The minimum atomic E-state index is -3.53. The van der Waals surface area contributed by atoms with Crippen LogP contribution >= 0.6 is 0 Å². The molecule has 2 N–H and O–H groups in total. The average molecular weight is 394 g/mol. The van der Waals surface area contributed by atoms with E-state index in [0.717, 1.165) is 24.8 Å². The van der Waals surface area contributed by atoms with Crippen molar-refractivity contribution in [2.24, 2.45) is 5.73 Å². The molecule has 0 spiro atoms. The molecule has 27 heavy (non-hydrogen) atoms. The van der Waals surface area contributed by atoms with Crippen molar-refractivity contribution in [2.75, 3.05) is 39.4 Å². The zero-order valence-electron chi connectivity index (χ0n) is 15.5. The van der Waals surface area contributed by atoms with Crippen LogP contribution in [0.2, 0.25) is 0 Å². The third kappa shape index (κ3) is 3.51. The molecule has 7 nitrogen and oxygen atoms in total. The summed E-state index contributed by atoms with van der Waals surface area (Å²) in [6, 6.07) is 5.48. The molecule has 0 aromatic heterocycles. The number of amides is 1. The largest absolute Gasteiger partial charge is 0.381 e. The van der Waals surface area contributed by atoms with Crippen LogP contribution in [0.25, 0.3) is 0 Å². The van der Waals surface area contributed by atoms with Gasteiger partial charge in [0.05, 0.1) is 10.4 Å². The van der Waals surface area contributed by atoms with Gasteiger partial charge in [-0.05, 0) is 55.4 Å². The number of rotatable bonds is 3. The van der Waals surface area contributed by atoms with Crippen molar-refractivity contribution in [3.63, 3.8) is 0 Å². The van der Waals surface area contributed by atoms with Crippen molar-refractivity contribution < 1.29 is 17.9 Å². The van der Waals surface area contributed by atoms with Gasteiger partial charge in [0.25, 0.3) is 0 Å². The first-order valence-corrected chi connectivity index (χ1v) is 11.1. The molecule has 4 rings (SSSR count). The summed E-state index contributed by atoms with van der Waals surface area (Å²) in [6.07, 6.45) is 4.09. The normalized spacial score (nSPS) is 23.2. The average Bonchev–Trinajstić information content (AvgIpc) is 3.16. The van der Waals surface area contributed by atoms with Crippen molar-refractivity contribution in [1.29, 1.82) is 0 Å². The Labute approximate surface area is 160 Å². The lowest BCUT2D eigenvalue weighted by atomic mass is 9.89. The third-order valence-corrected chi connectivity index (χ3v) is 7.94. The second-order valence-corrected chi connectivity index (χ2v) is 9.69. The highest BCUT2D eigenvalue weighted by atomic mass is 32.2. The fraction of sp³-hybridized carbons (Fsp3) is 0.632. The molecule has 0 radical (unpaired) electrons. The lowest BCUT2D eigenvalue weighted by molar-refractivity contribution is -0.141. The van der Waals surface area contributed by atoms with Crippen LogP contribution in [0.4, 0.5) is 0 Å². The zero-order valence-corrected chi connectivity index (χ0v) is 16.3. The Morgan fingerprint density at radius 1 is 1.04 bits per heavy atom. The van der Waals surface area contributed by atoms with Gasteiger partial charge in [-0.15, -0.1) is 0 Å². The van der Waals surface area contributed by atoms with E-state index in [1.54, 1.807) is 11.0 Å². The fourth-order valence-corrected chi connectivity index (χ4v) is 5.73. The number of nitrogens with two attached hydrogens (primary N) is 1. The van der Waals surface area contributed by atoms with Gasteiger partial charge in [0, 0.05) is 39.4 Å².